The molecule has 0 radical (unpaired) electrons. The van der Waals surface area contributed by atoms with E-state index in [9.17, 15) is 4.79 Å². The molecule has 2 heterocycles. The van der Waals surface area contributed by atoms with Crippen LogP contribution < -0.4 is 9.64 Å². The molecule has 1 aliphatic heterocycles. The molecule has 2 aliphatic rings. The molecule has 0 saturated heterocycles. The minimum atomic E-state index is 0.162. The number of imidazole rings is 1. The van der Waals surface area contributed by atoms with Crippen LogP contribution >= 0.6 is 11.8 Å². The molecule has 29 heavy (non-hydrogen) atoms. The van der Waals surface area contributed by atoms with Crippen molar-refractivity contribution in [3.05, 3.63) is 35.2 Å². The van der Waals surface area contributed by atoms with Crippen LogP contribution in [0.25, 0.3) is 0 Å². The first kappa shape index (κ1) is 20.3. The number of ether oxygens (including phenoxy) is 1. The maximum absolute atomic E-state index is 13.1. The van der Waals surface area contributed by atoms with Crippen LogP contribution in [0.2, 0.25) is 0 Å². The van der Waals surface area contributed by atoms with E-state index in [2.05, 4.69) is 24.5 Å². The summed E-state index contributed by atoms with van der Waals surface area (Å²) in [4.78, 5) is 19.9. The normalized spacial score (nSPS) is 17.3. The number of thioether (sulfide) groups is 1. The number of nitrogens with zero attached hydrogens (tertiary/aromatic N) is 3. The Morgan fingerprint density at radius 3 is 2.76 bits per heavy atom. The number of hydrogen-bond acceptors (Lipinski definition) is 4. The molecule has 1 saturated carbocycles. The Hall–Kier alpha value is -1.95. The first-order valence-corrected chi connectivity index (χ1v) is 11.7. The van der Waals surface area contributed by atoms with E-state index in [0.29, 0.717) is 11.8 Å². The van der Waals surface area contributed by atoms with Crippen molar-refractivity contribution < 1.29 is 9.53 Å². The first-order valence-electron chi connectivity index (χ1n) is 10.7. The van der Waals surface area contributed by atoms with E-state index in [1.165, 1.54) is 43.4 Å². The average Bonchev–Trinajstić information content (AvgIpc) is 3.05. The number of benzene rings is 1. The molecular formula is C23H31N3O2S. The van der Waals surface area contributed by atoms with Crippen molar-refractivity contribution in [1.29, 1.82) is 0 Å². The Morgan fingerprint density at radius 1 is 1.21 bits per heavy atom. The zero-order chi connectivity index (χ0) is 20.4. The minimum Gasteiger partial charge on any atom is -0.497 e. The van der Waals surface area contributed by atoms with Crippen LogP contribution in [0.1, 0.15) is 61.5 Å². The molecule has 6 heteroatoms. The molecule has 0 N–H and O–H groups in total. The fraction of sp³-hybridized carbons (Fsp3) is 0.565. The highest BCUT2D eigenvalue weighted by molar-refractivity contribution is 7.99. The van der Waals surface area contributed by atoms with Crippen LogP contribution in [0.5, 0.6) is 5.75 Å². The molecule has 1 amide bonds. The van der Waals surface area contributed by atoms with Crippen molar-refractivity contribution in [2.24, 2.45) is 0 Å². The van der Waals surface area contributed by atoms with Gasteiger partial charge in [0.05, 0.1) is 18.6 Å². The van der Waals surface area contributed by atoms with Gasteiger partial charge in [-0.15, -0.1) is 0 Å². The quantitative estimate of drug-likeness (QED) is 0.641. The third-order valence-corrected chi connectivity index (χ3v) is 7.26. The second-order valence-corrected chi connectivity index (χ2v) is 9.10. The number of rotatable bonds is 5. The highest BCUT2D eigenvalue weighted by atomic mass is 32.2. The summed E-state index contributed by atoms with van der Waals surface area (Å²) < 4.78 is 7.75. The van der Waals surface area contributed by atoms with E-state index in [1.54, 1.807) is 18.9 Å². The van der Waals surface area contributed by atoms with Crippen LogP contribution in [-0.2, 0) is 11.2 Å². The summed E-state index contributed by atoms with van der Waals surface area (Å²) in [6.45, 7) is 5.03. The summed E-state index contributed by atoms with van der Waals surface area (Å²) in [5.74, 6) is 1.44. The molecule has 0 spiro atoms. The highest BCUT2D eigenvalue weighted by Gasteiger charge is 2.26. The van der Waals surface area contributed by atoms with E-state index in [0.717, 1.165) is 41.7 Å². The number of aryl methyl sites for hydroxylation is 2. The molecule has 156 valence electrons. The Bertz CT molecular complexity index is 886. The Morgan fingerprint density at radius 2 is 2.00 bits per heavy atom. The summed E-state index contributed by atoms with van der Waals surface area (Å²) in [6.07, 6.45) is 8.35. The van der Waals surface area contributed by atoms with Gasteiger partial charge in [-0.1, -0.05) is 31.0 Å². The van der Waals surface area contributed by atoms with Crippen LogP contribution in [0.15, 0.2) is 23.4 Å². The Kier molecular flexibility index (Phi) is 6.18. The molecule has 0 atom stereocenters. The summed E-state index contributed by atoms with van der Waals surface area (Å²) in [5, 5.41) is 1.01. The third kappa shape index (κ3) is 4.18. The number of carbonyl (C=O) groups is 1. The maximum Gasteiger partial charge on any atom is 0.237 e. The van der Waals surface area contributed by atoms with E-state index in [1.807, 2.05) is 17.0 Å². The van der Waals surface area contributed by atoms with Gasteiger partial charge < -0.3 is 14.2 Å². The molecule has 0 bridgehead atoms. The lowest BCUT2D eigenvalue weighted by Crippen LogP contribution is -2.36. The summed E-state index contributed by atoms with van der Waals surface area (Å²) in [7, 11) is 1.68. The first-order chi connectivity index (χ1) is 14.1. The fourth-order valence-corrected chi connectivity index (χ4v) is 5.67. The van der Waals surface area contributed by atoms with Gasteiger partial charge in [-0.3, -0.25) is 4.79 Å². The Balaban J connectivity index is 1.49. The van der Waals surface area contributed by atoms with Gasteiger partial charge >= 0.3 is 0 Å². The van der Waals surface area contributed by atoms with Crippen LogP contribution in [0, 0.1) is 13.8 Å². The molecule has 0 unspecified atom stereocenters. The minimum absolute atomic E-state index is 0.162. The lowest BCUT2D eigenvalue weighted by atomic mass is 9.95. The standard InChI is InChI=1S/C23H31N3O2S/c1-16-17(2)26(19-9-5-4-6-10-19)23(24-16)29-15-22(27)25-13-7-8-18-14-20(28-3)11-12-21(18)25/h11-12,14,19H,4-10,13,15H2,1-3H3. The molecule has 4 rings (SSSR count). The number of fused-ring (bicyclic) bond motifs is 1. The second-order valence-electron chi connectivity index (χ2n) is 8.16. The second kappa shape index (κ2) is 8.82. The molecule has 2 aromatic rings. The van der Waals surface area contributed by atoms with E-state index >= 15 is 0 Å². The summed E-state index contributed by atoms with van der Waals surface area (Å²) in [6, 6.07) is 6.56. The molecule has 1 aromatic carbocycles. The van der Waals surface area contributed by atoms with Crippen molar-refractivity contribution in [3.63, 3.8) is 0 Å². The predicted octanol–water partition coefficient (Wildman–Crippen LogP) is 5.09. The van der Waals surface area contributed by atoms with E-state index in [-0.39, 0.29) is 5.91 Å². The third-order valence-electron chi connectivity index (χ3n) is 6.33. The van der Waals surface area contributed by atoms with E-state index < -0.39 is 0 Å². The van der Waals surface area contributed by atoms with Gasteiger partial charge in [0.1, 0.15) is 5.75 Å². The van der Waals surface area contributed by atoms with Gasteiger partial charge in [0.15, 0.2) is 5.16 Å². The van der Waals surface area contributed by atoms with Gasteiger partial charge in [-0.2, -0.15) is 0 Å². The number of carbonyl (C=O) groups excluding carboxylic acids is 1. The lowest BCUT2D eigenvalue weighted by molar-refractivity contribution is -0.116. The van der Waals surface area contributed by atoms with Gasteiger partial charge in [-0.25, -0.2) is 4.98 Å². The summed E-state index contributed by atoms with van der Waals surface area (Å²) in [5.41, 5.74) is 4.57. The van der Waals surface area contributed by atoms with Gasteiger partial charge in [0, 0.05) is 24.0 Å². The highest BCUT2D eigenvalue weighted by Crippen LogP contribution is 2.35. The van der Waals surface area contributed by atoms with Gasteiger partial charge in [-0.05, 0) is 63.3 Å². The number of anilines is 1. The molecule has 1 aromatic heterocycles. The van der Waals surface area contributed by atoms with Crippen molar-refractivity contribution in [3.8, 4) is 5.75 Å². The monoisotopic (exact) mass is 413 g/mol. The topological polar surface area (TPSA) is 47.4 Å². The average molecular weight is 414 g/mol. The SMILES string of the molecule is COc1ccc2c(c1)CCCN2C(=O)CSc1nc(C)c(C)n1C1CCCCC1. The zero-order valence-corrected chi connectivity index (χ0v) is 18.6. The number of hydrogen-bond donors (Lipinski definition) is 0. The van der Waals surface area contributed by atoms with Crippen LogP contribution in [0.3, 0.4) is 0 Å². The molecule has 1 fully saturated rings. The van der Waals surface area contributed by atoms with Gasteiger partial charge in [0.2, 0.25) is 5.91 Å². The lowest BCUT2D eigenvalue weighted by Gasteiger charge is -2.30. The van der Waals surface area contributed by atoms with Crippen LogP contribution in [0.4, 0.5) is 5.69 Å². The molecular weight excluding hydrogens is 382 g/mol. The molecule has 1 aliphatic carbocycles. The van der Waals surface area contributed by atoms with Crippen molar-refractivity contribution in [2.45, 2.75) is 70.0 Å². The zero-order valence-electron chi connectivity index (χ0n) is 17.7. The predicted molar refractivity (Wildman–Crippen MR) is 118 cm³/mol. The summed E-state index contributed by atoms with van der Waals surface area (Å²) >= 11 is 1.60. The van der Waals surface area contributed by atoms with Crippen molar-refractivity contribution >= 4 is 23.4 Å². The van der Waals surface area contributed by atoms with Crippen LogP contribution in [-0.4, -0.2) is 34.9 Å². The smallest absolute Gasteiger partial charge is 0.237 e. The number of amides is 1. The number of aromatic nitrogens is 2. The Labute approximate surface area is 177 Å². The maximum atomic E-state index is 13.1. The largest absolute Gasteiger partial charge is 0.497 e. The number of methoxy groups -OCH3 is 1. The fourth-order valence-electron chi connectivity index (χ4n) is 4.63. The van der Waals surface area contributed by atoms with E-state index in [4.69, 9.17) is 9.72 Å². The molecule has 5 nitrogen and oxygen atoms in total. The van der Waals surface area contributed by atoms with Crippen molar-refractivity contribution in [1.82, 2.24) is 9.55 Å². The van der Waals surface area contributed by atoms with Gasteiger partial charge in [0.25, 0.3) is 0 Å². The van der Waals surface area contributed by atoms with Crippen molar-refractivity contribution in [2.75, 3.05) is 24.3 Å².